The number of carbonyl (C=O) groups is 1. The van der Waals surface area contributed by atoms with Gasteiger partial charge in [0.1, 0.15) is 42.2 Å². The van der Waals surface area contributed by atoms with Crippen molar-refractivity contribution < 1.29 is 34.0 Å². The number of carbonyl (C=O) groups excluding carboxylic acids is 1. The molecule has 1 aromatic rings. The van der Waals surface area contributed by atoms with Crippen LogP contribution in [-0.2, 0) is 9.53 Å². The molecule has 0 aliphatic carbocycles. The van der Waals surface area contributed by atoms with Gasteiger partial charge in [-0.1, -0.05) is 17.7 Å². The van der Waals surface area contributed by atoms with E-state index in [0.29, 0.717) is 25.1 Å². The van der Waals surface area contributed by atoms with Crippen LogP contribution >= 0.6 is 23.4 Å². The van der Waals surface area contributed by atoms with Gasteiger partial charge in [-0.05, 0) is 44.7 Å². The van der Waals surface area contributed by atoms with E-state index in [1.165, 1.54) is 24.0 Å². The van der Waals surface area contributed by atoms with Crippen molar-refractivity contribution in [2.75, 3.05) is 19.4 Å². The Kier molecular flexibility index (Phi) is 11.0. The van der Waals surface area contributed by atoms with Gasteiger partial charge in [-0.25, -0.2) is 4.98 Å². The number of allylic oxidation sites excluding steroid dienone is 1. The summed E-state index contributed by atoms with van der Waals surface area (Å²) in [5, 5.41) is 36.3. The lowest BCUT2D eigenvalue weighted by molar-refractivity contribution is -0.205. The molecule has 1 amide bonds. The minimum absolute atomic E-state index is 0.259. The van der Waals surface area contributed by atoms with Crippen LogP contribution in [0, 0.1) is 5.95 Å². The number of pyridine rings is 1. The summed E-state index contributed by atoms with van der Waals surface area (Å²) < 4.78 is 24.4. The normalized spacial score (nSPS) is 30.8. The van der Waals surface area contributed by atoms with Gasteiger partial charge < -0.3 is 35.4 Å². The molecule has 1 saturated heterocycles. The molecular formula is C24H33ClFN3O6S. The molecule has 2 aliphatic rings. The number of nitrogens with one attached hydrogen (secondary N) is 2. The van der Waals surface area contributed by atoms with E-state index in [-0.39, 0.29) is 12.5 Å². The quantitative estimate of drug-likeness (QED) is 0.229. The van der Waals surface area contributed by atoms with Gasteiger partial charge in [-0.2, -0.15) is 4.39 Å². The first-order chi connectivity index (χ1) is 17.2. The van der Waals surface area contributed by atoms with Crippen LogP contribution in [0.3, 0.4) is 0 Å². The zero-order chi connectivity index (χ0) is 26.2. The Labute approximate surface area is 219 Å². The van der Waals surface area contributed by atoms with Crippen molar-refractivity contribution in [2.24, 2.45) is 0 Å². The van der Waals surface area contributed by atoms with Crippen LogP contribution in [0.2, 0.25) is 0 Å². The fraction of sp³-hybridized carbons (Fsp3) is 0.583. The Morgan fingerprint density at radius 1 is 1.42 bits per heavy atom. The fourth-order valence-corrected chi connectivity index (χ4v) is 4.99. The van der Waals surface area contributed by atoms with Crippen LogP contribution in [0.15, 0.2) is 42.1 Å². The third-order valence-corrected chi connectivity index (χ3v) is 7.24. The van der Waals surface area contributed by atoms with Crippen molar-refractivity contribution in [1.82, 2.24) is 15.6 Å². The van der Waals surface area contributed by atoms with E-state index < -0.39 is 53.3 Å². The van der Waals surface area contributed by atoms with Crippen molar-refractivity contribution in [3.05, 3.63) is 48.1 Å². The molecule has 200 valence electrons. The van der Waals surface area contributed by atoms with Crippen molar-refractivity contribution >= 4 is 29.3 Å². The molecule has 5 N–H and O–H groups in total. The maximum absolute atomic E-state index is 13.1. The molecule has 0 bridgehead atoms. The number of aromatic nitrogens is 1. The molecule has 2 aliphatic heterocycles. The summed E-state index contributed by atoms with van der Waals surface area (Å²) in [7, 11) is 0. The number of rotatable bonds is 9. The maximum Gasteiger partial charge on any atom is 0.237 e. The van der Waals surface area contributed by atoms with E-state index >= 15 is 0 Å². The molecule has 36 heavy (non-hydrogen) atoms. The van der Waals surface area contributed by atoms with Crippen molar-refractivity contribution in [3.63, 3.8) is 0 Å². The van der Waals surface area contributed by atoms with Gasteiger partial charge in [0, 0.05) is 12.3 Å². The van der Waals surface area contributed by atoms with Crippen molar-refractivity contribution in [1.29, 1.82) is 0 Å². The number of amides is 1. The Bertz CT molecular complexity index is 937. The predicted molar refractivity (Wildman–Crippen MR) is 135 cm³/mol. The fourth-order valence-electron chi connectivity index (χ4n) is 4.10. The molecule has 8 atom stereocenters. The first-order valence-electron chi connectivity index (χ1n) is 11.7. The third-order valence-electron chi connectivity index (χ3n) is 6.11. The number of halogens is 2. The number of nitrogens with zero attached hydrogens (tertiary/aromatic N) is 1. The van der Waals surface area contributed by atoms with Crippen molar-refractivity contribution in [3.8, 4) is 5.75 Å². The molecule has 0 saturated carbocycles. The smallest absolute Gasteiger partial charge is 0.237 e. The SMILES string of the molecule is CSC1O[C@H]([C@H](NC(=O)[C@@H]2CC=C(/C=C/COc3ccnc(F)c3)CCN2)[C@H](C)Cl)[C@@H](O)C(O)[C@H]1O. The summed E-state index contributed by atoms with van der Waals surface area (Å²) in [6, 6.07) is 1.46. The lowest BCUT2D eigenvalue weighted by Gasteiger charge is -2.44. The van der Waals surface area contributed by atoms with Gasteiger partial charge in [-0.15, -0.1) is 23.4 Å². The third kappa shape index (κ3) is 7.64. The zero-order valence-electron chi connectivity index (χ0n) is 20.1. The molecule has 1 fully saturated rings. The Morgan fingerprint density at radius 2 is 2.19 bits per heavy atom. The number of thioether (sulfide) groups is 1. The lowest BCUT2D eigenvalue weighted by atomic mass is 9.93. The van der Waals surface area contributed by atoms with Gasteiger partial charge >= 0.3 is 0 Å². The van der Waals surface area contributed by atoms with Crippen LogP contribution < -0.4 is 15.4 Å². The summed E-state index contributed by atoms with van der Waals surface area (Å²) >= 11 is 7.54. The second-order valence-corrected chi connectivity index (χ2v) is 10.3. The molecule has 2 unspecified atom stereocenters. The molecule has 12 heteroatoms. The molecule has 1 aromatic heterocycles. The van der Waals surface area contributed by atoms with E-state index in [1.807, 2.05) is 18.2 Å². The summed E-state index contributed by atoms with van der Waals surface area (Å²) in [6.07, 6.45) is 4.76. The number of alkyl halides is 1. The van der Waals surface area contributed by atoms with Gasteiger partial charge in [0.05, 0.1) is 17.5 Å². The second kappa shape index (κ2) is 13.7. The topological polar surface area (TPSA) is 133 Å². The molecule has 3 rings (SSSR count). The summed E-state index contributed by atoms with van der Waals surface area (Å²) in [4.78, 5) is 16.6. The first kappa shape index (κ1) is 28.8. The average molecular weight is 546 g/mol. The van der Waals surface area contributed by atoms with Crippen LogP contribution in [0.4, 0.5) is 4.39 Å². The minimum atomic E-state index is -1.43. The summed E-state index contributed by atoms with van der Waals surface area (Å²) in [5.41, 5.74) is 0.258. The predicted octanol–water partition coefficient (Wildman–Crippen LogP) is 1.12. The second-order valence-electron chi connectivity index (χ2n) is 8.69. The van der Waals surface area contributed by atoms with Crippen LogP contribution in [-0.4, -0.2) is 92.9 Å². The van der Waals surface area contributed by atoms with Crippen LogP contribution in [0.25, 0.3) is 0 Å². The number of ether oxygens (including phenoxy) is 2. The molecule has 0 radical (unpaired) electrons. The highest BCUT2D eigenvalue weighted by atomic mass is 35.5. The Balaban J connectivity index is 1.57. The largest absolute Gasteiger partial charge is 0.489 e. The van der Waals surface area contributed by atoms with Crippen LogP contribution in [0.5, 0.6) is 5.75 Å². The van der Waals surface area contributed by atoms with Gasteiger partial charge in [-0.3, -0.25) is 4.79 Å². The molecular weight excluding hydrogens is 513 g/mol. The van der Waals surface area contributed by atoms with Crippen LogP contribution in [0.1, 0.15) is 19.8 Å². The van der Waals surface area contributed by atoms with Gasteiger partial charge in [0.15, 0.2) is 0 Å². The zero-order valence-corrected chi connectivity index (χ0v) is 21.7. The number of aliphatic hydroxyl groups is 3. The van der Waals surface area contributed by atoms with Gasteiger partial charge in [0.2, 0.25) is 11.9 Å². The number of aliphatic hydroxyl groups excluding tert-OH is 3. The standard InChI is InChI=1S/C24H33ClFN3O6S/c1-13(25)18(22-20(31)19(30)21(32)24(35-22)36-2)29-23(33)16-6-5-14(7-9-27-16)4-3-11-34-15-8-10-28-17(26)12-15/h3-5,8,10,12-13,16,18-22,24,27,30-32H,6-7,9,11H2,1-2H3,(H,29,33)/b4-3+/t13-,16-,18+,19?,20-,21+,22+,24?/m0/s1. The van der Waals surface area contributed by atoms with E-state index in [4.69, 9.17) is 21.1 Å². The Hall–Kier alpha value is -1.73. The Morgan fingerprint density at radius 3 is 2.89 bits per heavy atom. The number of hydrogen-bond donors (Lipinski definition) is 5. The highest BCUT2D eigenvalue weighted by Crippen LogP contribution is 2.30. The average Bonchev–Trinajstić information content (AvgIpc) is 3.10. The highest BCUT2D eigenvalue weighted by molar-refractivity contribution is 7.99. The number of hydrogen-bond acceptors (Lipinski definition) is 9. The van der Waals surface area contributed by atoms with E-state index in [9.17, 15) is 24.5 Å². The molecule has 9 nitrogen and oxygen atoms in total. The van der Waals surface area contributed by atoms with E-state index in [1.54, 1.807) is 19.2 Å². The minimum Gasteiger partial charge on any atom is -0.489 e. The van der Waals surface area contributed by atoms with Crippen molar-refractivity contribution in [2.45, 2.75) is 67.1 Å². The maximum atomic E-state index is 13.1. The molecule has 0 spiro atoms. The van der Waals surface area contributed by atoms with E-state index in [0.717, 1.165) is 5.57 Å². The summed E-state index contributed by atoms with van der Waals surface area (Å²) in [5.74, 6) is -0.526. The highest BCUT2D eigenvalue weighted by Gasteiger charge is 2.48. The van der Waals surface area contributed by atoms with Gasteiger partial charge in [0.25, 0.3) is 0 Å². The summed E-state index contributed by atoms with van der Waals surface area (Å²) in [6.45, 7) is 2.49. The first-order valence-corrected chi connectivity index (χ1v) is 13.4. The van der Waals surface area contributed by atoms with E-state index in [2.05, 4.69) is 15.6 Å². The molecule has 3 heterocycles. The molecule has 0 aromatic carbocycles. The lowest BCUT2D eigenvalue weighted by Crippen LogP contribution is -2.65. The monoisotopic (exact) mass is 545 g/mol.